The quantitative estimate of drug-likeness (QED) is 0.635. The topological polar surface area (TPSA) is 54.4 Å². The van der Waals surface area contributed by atoms with Gasteiger partial charge in [-0.1, -0.05) is 24.1 Å². The molecular formula is C13H19MgO3S+2. The fourth-order valence-corrected chi connectivity index (χ4v) is 2.95. The van der Waals surface area contributed by atoms with Crippen LogP contribution in [-0.4, -0.2) is 34.7 Å². The molecular weight excluding hydrogens is 261 g/mol. The number of benzene rings is 1. The molecule has 0 spiro atoms. The van der Waals surface area contributed by atoms with Crippen LogP contribution in [0.5, 0.6) is 0 Å². The molecule has 5 heteroatoms. The monoisotopic (exact) mass is 279 g/mol. The highest BCUT2D eigenvalue weighted by Gasteiger charge is 2.41. The molecule has 1 aliphatic rings. The van der Waals surface area contributed by atoms with Crippen molar-refractivity contribution in [2.24, 2.45) is 0 Å². The van der Waals surface area contributed by atoms with Crippen molar-refractivity contribution in [1.82, 2.24) is 0 Å². The van der Waals surface area contributed by atoms with E-state index < -0.39 is 10.1 Å². The highest BCUT2D eigenvalue weighted by atomic mass is 32.2. The van der Waals surface area contributed by atoms with Crippen molar-refractivity contribution in [3.63, 3.8) is 0 Å². The third-order valence-corrected chi connectivity index (χ3v) is 4.73. The molecule has 7 radical (unpaired) electrons. The van der Waals surface area contributed by atoms with Crippen molar-refractivity contribution in [2.75, 3.05) is 0 Å². The van der Waals surface area contributed by atoms with Crippen LogP contribution in [0.15, 0.2) is 29.2 Å². The van der Waals surface area contributed by atoms with Crippen LogP contribution in [-0.2, 0) is 10.1 Å². The van der Waals surface area contributed by atoms with E-state index in [4.69, 9.17) is 4.55 Å². The van der Waals surface area contributed by atoms with Gasteiger partial charge in [0.05, 0.1) is 4.90 Å². The number of rotatable bonds is 1. The SMILES string of the molecule is Cc1ccc(S(=O)(=O)O)cc1.[Mg+2][CH]1CCCCC1. The van der Waals surface area contributed by atoms with Crippen molar-refractivity contribution in [2.45, 2.75) is 48.0 Å². The van der Waals surface area contributed by atoms with Gasteiger partial charge in [-0.15, -0.1) is 0 Å². The highest BCUT2D eigenvalue weighted by Crippen LogP contribution is 2.24. The summed E-state index contributed by atoms with van der Waals surface area (Å²) in [5, 5.41) is 0. The van der Waals surface area contributed by atoms with Gasteiger partial charge >= 0.3 is 21.7 Å². The largest absolute Gasteiger partial charge is 1.42 e. The first-order valence-electron chi connectivity index (χ1n) is 6.27. The lowest BCUT2D eigenvalue weighted by Crippen LogP contribution is -1.98. The van der Waals surface area contributed by atoms with Crippen LogP contribution < -0.4 is 0 Å². The lowest BCUT2D eigenvalue weighted by Gasteiger charge is -2.02. The van der Waals surface area contributed by atoms with Gasteiger partial charge in [-0.3, -0.25) is 4.55 Å². The van der Waals surface area contributed by atoms with Gasteiger partial charge in [0, 0.05) is 12.8 Å². The van der Waals surface area contributed by atoms with Crippen molar-refractivity contribution >= 4 is 31.8 Å². The lowest BCUT2D eigenvalue weighted by atomic mass is 10.00. The standard InChI is InChI=1S/C7H8O3S.C6H11.Mg/c1-6-2-4-7(5-3-6)11(8,9)10;1-2-4-6-5-3-1;/h2-5H,1H3,(H,8,9,10);1H,2-6H2;/q;;+2. The summed E-state index contributed by atoms with van der Waals surface area (Å²) in [7, 11) is -4.02. The summed E-state index contributed by atoms with van der Waals surface area (Å²) in [5.74, 6) is 0. The van der Waals surface area contributed by atoms with E-state index in [9.17, 15) is 8.42 Å². The number of hydrogen-bond acceptors (Lipinski definition) is 2. The molecule has 0 bridgehead atoms. The van der Waals surface area contributed by atoms with Crippen LogP contribution in [0.25, 0.3) is 0 Å². The molecule has 3 nitrogen and oxygen atoms in total. The smallest absolute Gasteiger partial charge is 0.282 e. The molecule has 1 aromatic carbocycles. The summed E-state index contributed by atoms with van der Waals surface area (Å²) in [6.45, 7) is 1.84. The fraction of sp³-hybridized carbons (Fsp3) is 0.538. The molecule has 1 saturated carbocycles. The molecule has 0 saturated heterocycles. The minimum absolute atomic E-state index is 0.0666. The van der Waals surface area contributed by atoms with E-state index in [0.29, 0.717) is 0 Å². The predicted molar refractivity (Wildman–Crippen MR) is 73.6 cm³/mol. The molecule has 1 aromatic rings. The second kappa shape index (κ2) is 7.48. The Kier molecular flexibility index (Phi) is 6.63. The normalized spacial score (nSPS) is 16.8. The van der Waals surface area contributed by atoms with E-state index in [0.717, 1.165) is 9.61 Å². The third-order valence-electron chi connectivity index (χ3n) is 3.04. The number of hydrogen-bond donors (Lipinski definition) is 1. The van der Waals surface area contributed by atoms with Crippen molar-refractivity contribution in [3.8, 4) is 0 Å². The van der Waals surface area contributed by atoms with E-state index in [1.165, 1.54) is 44.2 Å². The van der Waals surface area contributed by atoms with E-state index in [2.05, 4.69) is 21.7 Å². The van der Waals surface area contributed by atoms with Gasteiger partial charge in [-0.2, -0.15) is 8.42 Å². The Balaban J connectivity index is 0.000000199. The Hall–Kier alpha value is -0.104. The van der Waals surface area contributed by atoms with Gasteiger partial charge in [0.15, 0.2) is 0 Å². The summed E-state index contributed by atoms with van der Waals surface area (Å²) >= 11 is 2.18. The van der Waals surface area contributed by atoms with Crippen LogP contribution in [0.2, 0.25) is 4.05 Å². The molecule has 0 aromatic heterocycles. The summed E-state index contributed by atoms with van der Waals surface area (Å²) in [4.78, 5) is -0.0666. The van der Waals surface area contributed by atoms with E-state index >= 15 is 0 Å². The molecule has 0 unspecified atom stereocenters. The molecule has 2 rings (SSSR count). The van der Waals surface area contributed by atoms with E-state index in [1.54, 1.807) is 12.1 Å². The average Bonchev–Trinajstić information content (AvgIpc) is 2.30. The predicted octanol–water partition coefficient (Wildman–Crippen LogP) is 3.15. The van der Waals surface area contributed by atoms with Crippen molar-refractivity contribution < 1.29 is 13.0 Å². The fourth-order valence-electron chi connectivity index (χ4n) is 1.90. The zero-order valence-corrected chi connectivity index (χ0v) is 13.0. The third kappa shape index (κ3) is 6.18. The highest BCUT2D eigenvalue weighted by molar-refractivity contribution is 7.85. The Labute approximate surface area is 122 Å². The second-order valence-electron chi connectivity index (χ2n) is 4.79. The number of aryl methyl sites for hydroxylation is 1. The van der Waals surface area contributed by atoms with Crippen LogP contribution in [0.3, 0.4) is 0 Å². The summed E-state index contributed by atoms with van der Waals surface area (Å²) < 4.78 is 30.6. The molecule has 0 atom stereocenters. The molecule has 0 heterocycles. The Bertz CT molecular complexity index is 448. The molecule has 1 fully saturated rings. The Morgan fingerprint density at radius 3 is 1.94 bits per heavy atom. The summed E-state index contributed by atoms with van der Waals surface area (Å²) in [6.07, 6.45) is 7.48. The minimum atomic E-state index is -4.02. The van der Waals surface area contributed by atoms with E-state index in [-0.39, 0.29) is 4.90 Å². The molecule has 0 amide bonds. The Morgan fingerprint density at radius 2 is 1.61 bits per heavy atom. The van der Waals surface area contributed by atoms with Crippen molar-refractivity contribution in [3.05, 3.63) is 29.8 Å². The van der Waals surface area contributed by atoms with Gasteiger partial charge in [-0.05, 0) is 31.9 Å². The van der Waals surface area contributed by atoms with Gasteiger partial charge in [0.25, 0.3) is 14.2 Å². The maximum absolute atomic E-state index is 10.5. The van der Waals surface area contributed by atoms with Crippen LogP contribution >= 0.6 is 0 Å². The van der Waals surface area contributed by atoms with Crippen molar-refractivity contribution in [1.29, 1.82) is 0 Å². The molecule has 1 aliphatic carbocycles. The zero-order chi connectivity index (χ0) is 13.6. The molecule has 18 heavy (non-hydrogen) atoms. The molecule has 95 valence electrons. The first kappa shape index (κ1) is 16.0. The molecule has 0 aliphatic heterocycles. The summed E-state index contributed by atoms with van der Waals surface area (Å²) in [6, 6.07) is 5.99. The Morgan fingerprint density at radius 1 is 1.11 bits per heavy atom. The molecule has 1 N–H and O–H groups in total. The van der Waals surface area contributed by atoms with Gasteiger partial charge < -0.3 is 0 Å². The first-order valence-corrected chi connectivity index (χ1v) is 8.52. The second-order valence-corrected chi connectivity index (χ2v) is 7.37. The van der Waals surface area contributed by atoms with Crippen LogP contribution in [0.4, 0.5) is 0 Å². The summed E-state index contributed by atoms with van der Waals surface area (Å²) in [5.41, 5.74) is 0.956. The maximum atomic E-state index is 10.5. The maximum Gasteiger partial charge on any atom is 1.42 e. The van der Waals surface area contributed by atoms with E-state index in [1.807, 2.05) is 6.92 Å². The minimum Gasteiger partial charge on any atom is -0.282 e. The van der Waals surface area contributed by atoms with Crippen LogP contribution in [0, 0.1) is 6.92 Å². The van der Waals surface area contributed by atoms with Gasteiger partial charge in [0.2, 0.25) is 0 Å². The van der Waals surface area contributed by atoms with Crippen LogP contribution in [0.1, 0.15) is 37.7 Å². The lowest BCUT2D eigenvalue weighted by molar-refractivity contribution is 0.483. The zero-order valence-electron chi connectivity index (χ0n) is 10.8. The van der Waals surface area contributed by atoms with Gasteiger partial charge in [-0.25, -0.2) is 0 Å². The first-order chi connectivity index (χ1) is 8.39. The average molecular weight is 280 g/mol. The van der Waals surface area contributed by atoms with Gasteiger partial charge in [0.1, 0.15) is 0 Å².